The van der Waals surface area contributed by atoms with E-state index < -0.39 is 0 Å². The van der Waals surface area contributed by atoms with Crippen LogP contribution in [0.2, 0.25) is 0 Å². The number of para-hydroxylation sites is 2. The third kappa shape index (κ3) is 5.09. The Hall–Kier alpha value is -7.63. The topological polar surface area (TPSA) is 55.1 Å². The summed E-state index contributed by atoms with van der Waals surface area (Å²) in [5, 5.41) is 9.03. The number of hydrogen-bond acceptors (Lipinski definition) is 5. The van der Waals surface area contributed by atoms with E-state index in [0.29, 0.717) is 29.3 Å². The zero-order valence-corrected chi connectivity index (χ0v) is 32.6. The summed E-state index contributed by atoms with van der Waals surface area (Å²) in [6.07, 6.45) is 11.4. The molecule has 0 radical (unpaired) electrons. The summed E-state index contributed by atoms with van der Waals surface area (Å²) in [7, 11) is 0. The number of aromatic nitrogens is 3. The van der Waals surface area contributed by atoms with Gasteiger partial charge in [0, 0.05) is 50.8 Å². The highest BCUT2D eigenvalue weighted by atomic mass is 16.3. The van der Waals surface area contributed by atoms with Crippen LogP contribution in [0.25, 0.3) is 88.4 Å². The molecule has 3 aliphatic rings. The number of anilines is 2. The Bertz CT molecular complexity index is 3530. The van der Waals surface area contributed by atoms with Gasteiger partial charge in [-0.15, -0.1) is 0 Å². The monoisotopic (exact) mass is 768 g/mol. The number of nitrogens with zero attached hydrogens (tertiary/aromatic N) is 4. The lowest BCUT2D eigenvalue weighted by atomic mass is 9.76. The van der Waals surface area contributed by atoms with E-state index in [4.69, 9.17) is 19.4 Å². The van der Waals surface area contributed by atoms with Gasteiger partial charge in [0.25, 0.3) is 0 Å². The van der Waals surface area contributed by atoms with E-state index >= 15 is 0 Å². The van der Waals surface area contributed by atoms with Crippen LogP contribution in [0.4, 0.5) is 11.4 Å². The molecule has 5 heteroatoms. The normalized spacial score (nSPS) is 17.0. The van der Waals surface area contributed by atoms with E-state index in [0.717, 1.165) is 73.3 Å². The van der Waals surface area contributed by atoms with Crippen LogP contribution in [0, 0.1) is 5.92 Å². The summed E-state index contributed by atoms with van der Waals surface area (Å²) in [6, 6.07) is 56.0. The van der Waals surface area contributed by atoms with Crippen molar-refractivity contribution in [2.75, 3.05) is 4.90 Å². The van der Waals surface area contributed by atoms with Gasteiger partial charge in [0.05, 0.1) is 5.69 Å². The minimum Gasteiger partial charge on any atom is -0.456 e. The molecule has 0 saturated carbocycles. The fourth-order valence-electron chi connectivity index (χ4n) is 10.2. The highest BCUT2D eigenvalue weighted by Gasteiger charge is 2.40. The molecule has 0 spiro atoms. The van der Waals surface area contributed by atoms with Crippen molar-refractivity contribution in [3.8, 4) is 34.2 Å². The summed E-state index contributed by atoms with van der Waals surface area (Å²) in [6.45, 7) is 0. The van der Waals surface area contributed by atoms with Gasteiger partial charge in [-0.1, -0.05) is 146 Å². The first-order valence-electron chi connectivity index (χ1n) is 20.8. The maximum absolute atomic E-state index is 6.76. The van der Waals surface area contributed by atoms with Gasteiger partial charge in [-0.25, -0.2) is 15.0 Å². The zero-order chi connectivity index (χ0) is 39.3. The van der Waals surface area contributed by atoms with Crippen LogP contribution in [0.15, 0.2) is 198 Å². The van der Waals surface area contributed by atoms with Crippen molar-refractivity contribution in [2.24, 2.45) is 5.92 Å². The average molecular weight is 769 g/mol. The lowest BCUT2D eigenvalue weighted by Crippen LogP contribution is -2.21. The number of fused-ring (bicyclic) bond motifs is 11. The van der Waals surface area contributed by atoms with E-state index in [2.05, 4.69) is 175 Å². The van der Waals surface area contributed by atoms with Crippen molar-refractivity contribution in [1.29, 1.82) is 0 Å². The first kappa shape index (κ1) is 33.4. The van der Waals surface area contributed by atoms with Crippen molar-refractivity contribution in [2.45, 2.75) is 18.8 Å². The van der Waals surface area contributed by atoms with Gasteiger partial charge in [0.2, 0.25) is 0 Å². The van der Waals surface area contributed by atoms with Crippen LogP contribution >= 0.6 is 0 Å². The number of benzene rings is 8. The predicted octanol–water partition coefficient (Wildman–Crippen LogP) is 14.3. The zero-order valence-electron chi connectivity index (χ0n) is 32.6. The second-order valence-corrected chi connectivity index (χ2v) is 16.3. The van der Waals surface area contributed by atoms with Gasteiger partial charge in [-0.2, -0.15) is 0 Å². The molecular formula is C55H36N4O. The Morgan fingerprint density at radius 3 is 2.18 bits per heavy atom. The Balaban J connectivity index is 1.08. The van der Waals surface area contributed by atoms with Crippen LogP contribution < -0.4 is 4.90 Å². The Morgan fingerprint density at radius 1 is 0.550 bits per heavy atom. The van der Waals surface area contributed by atoms with Crippen molar-refractivity contribution in [3.63, 3.8) is 0 Å². The second-order valence-electron chi connectivity index (χ2n) is 16.3. The first-order chi connectivity index (χ1) is 29.7. The molecule has 1 aliphatic heterocycles. The Morgan fingerprint density at radius 2 is 1.27 bits per heavy atom. The standard InChI is InChI=1S/C55H36N4O/c1-2-15-36-30-49-46(29-35(36)14-1)43-19-7-9-22-48(43)59(49)39-31-47(52-45-20-8-10-23-50(45)60-51(52)32-39)55-57-53(56-54(58-55)44-21-11-16-33-12-3-6-18-41(33)44)38-26-27-42-37(28-38)25-24-34-13-4-5-17-40(34)42/h1-13,15-28,30-32,35,46H,14,29H2. The SMILES string of the molecule is C1=CCC2CC3C(=CC2=C1)N(c1cc(-c2nc(-c4ccc5c(ccc6ccccc65)c4)nc(-c4cccc5ccccc45)n2)c2c(c1)oc1ccccc12)c1ccccc13. The predicted molar refractivity (Wildman–Crippen MR) is 245 cm³/mol. The smallest absolute Gasteiger partial charge is 0.164 e. The van der Waals surface area contributed by atoms with E-state index in [9.17, 15) is 0 Å². The molecule has 0 amide bonds. The molecule has 282 valence electrons. The molecule has 0 saturated heterocycles. The van der Waals surface area contributed by atoms with Gasteiger partial charge in [0.1, 0.15) is 11.2 Å². The molecule has 2 aromatic heterocycles. The summed E-state index contributed by atoms with van der Waals surface area (Å²) in [4.78, 5) is 18.6. The van der Waals surface area contributed by atoms with Crippen molar-refractivity contribution < 1.29 is 4.42 Å². The third-order valence-electron chi connectivity index (χ3n) is 13.0. The minimum atomic E-state index is 0.302. The molecule has 13 rings (SSSR count). The molecule has 60 heavy (non-hydrogen) atoms. The quantitative estimate of drug-likeness (QED) is 0.167. The van der Waals surface area contributed by atoms with E-state index in [1.165, 1.54) is 38.7 Å². The third-order valence-corrected chi connectivity index (χ3v) is 13.0. The van der Waals surface area contributed by atoms with Crippen LogP contribution in [0.3, 0.4) is 0 Å². The van der Waals surface area contributed by atoms with Crippen LogP contribution in [0.1, 0.15) is 24.3 Å². The van der Waals surface area contributed by atoms with Crippen LogP contribution in [0.5, 0.6) is 0 Å². The van der Waals surface area contributed by atoms with Gasteiger partial charge in [0.15, 0.2) is 17.5 Å². The average Bonchev–Trinajstić information content (AvgIpc) is 3.85. The lowest BCUT2D eigenvalue weighted by Gasteiger charge is -2.32. The first-order valence-corrected chi connectivity index (χ1v) is 20.8. The van der Waals surface area contributed by atoms with Crippen molar-refractivity contribution in [1.82, 2.24) is 15.0 Å². The molecule has 2 unspecified atom stereocenters. The molecule has 3 heterocycles. The number of rotatable bonds is 4. The summed E-state index contributed by atoms with van der Waals surface area (Å²) >= 11 is 0. The Labute approximate surface area is 346 Å². The maximum atomic E-state index is 6.76. The molecule has 2 atom stereocenters. The molecule has 0 fully saturated rings. The molecule has 5 nitrogen and oxygen atoms in total. The van der Waals surface area contributed by atoms with E-state index in [-0.39, 0.29) is 0 Å². The number of allylic oxidation sites excluding steroid dienone is 6. The fourth-order valence-corrected chi connectivity index (χ4v) is 10.2. The number of hydrogen-bond donors (Lipinski definition) is 0. The minimum absolute atomic E-state index is 0.302. The molecule has 2 aliphatic carbocycles. The molecule has 0 N–H and O–H groups in total. The molecule has 0 bridgehead atoms. The molecule has 10 aromatic rings. The maximum Gasteiger partial charge on any atom is 0.164 e. The fraction of sp³-hybridized carbons (Fsp3) is 0.0727. The van der Waals surface area contributed by atoms with Crippen molar-refractivity contribution in [3.05, 3.63) is 199 Å². The summed E-state index contributed by atoms with van der Waals surface area (Å²) < 4.78 is 6.76. The van der Waals surface area contributed by atoms with E-state index in [1.54, 1.807) is 0 Å². The molecule has 8 aromatic carbocycles. The highest BCUT2D eigenvalue weighted by Crippen LogP contribution is 2.55. The van der Waals surface area contributed by atoms with Gasteiger partial charge >= 0.3 is 0 Å². The number of furan rings is 1. The second kappa shape index (κ2) is 12.9. The summed E-state index contributed by atoms with van der Waals surface area (Å²) in [5.41, 5.74) is 10.7. The Kier molecular flexibility index (Phi) is 7.19. The van der Waals surface area contributed by atoms with Crippen molar-refractivity contribution >= 4 is 65.6 Å². The highest BCUT2D eigenvalue weighted by molar-refractivity contribution is 6.13. The summed E-state index contributed by atoms with van der Waals surface area (Å²) in [5.74, 6) is 2.67. The molecular weight excluding hydrogens is 733 g/mol. The van der Waals surface area contributed by atoms with Gasteiger partial charge < -0.3 is 9.32 Å². The van der Waals surface area contributed by atoms with Crippen LogP contribution in [-0.4, -0.2) is 15.0 Å². The lowest BCUT2D eigenvalue weighted by molar-refractivity contribution is 0.514. The largest absolute Gasteiger partial charge is 0.456 e. The van der Waals surface area contributed by atoms with Gasteiger partial charge in [-0.05, 0) is 92.6 Å². The van der Waals surface area contributed by atoms with Crippen LogP contribution in [-0.2, 0) is 0 Å². The van der Waals surface area contributed by atoms with Gasteiger partial charge in [-0.3, -0.25) is 0 Å². The van der Waals surface area contributed by atoms with E-state index in [1.807, 2.05) is 12.1 Å².